The standard InChI is InChI=1S/C10H15ClN2/c1-2-5-13-7-8-3-4-10(12)9(11)6-8/h3-4,6,13H,2,5,7,12H2,1H3. The number of hydrogen-bond donors (Lipinski definition) is 2. The molecule has 0 heterocycles. The predicted octanol–water partition coefficient (Wildman–Crippen LogP) is 2.42. The van der Waals surface area contributed by atoms with Crippen molar-refractivity contribution in [3.8, 4) is 0 Å². The van der Waals surface area contributed by atoms with Gasteiger partial charge in [-0.05, 0) is 30.7 Å². The molecule has 0 aliphatic heterocycles. The zero-order valence-electron chi connectivity index (χ0n) is 7.81. The maximum Gasteiger partial charge on any atom is 0.0638 e. The van der Waals surface area contributed by atoms with Gasteiger partial charge in [-0.25, -0.2) is 0 Å². The van der Waals surface area contributed by atoms with Crippen LogP contribution in [0.15, 0.2) is 18.2 Å². The number of hydrogen-bond acceptors (Lipinski definition) is 2. The van der Waals surface area contributed by atoms with Gasteiger partial charge in [0.25, 0.3) is 0 Å². The third-order valence-corrected chi connectivity index (χ3v) is 2.15. The first-order valence-electron chi connectivity index (χ1n) is 4.48. The fraction of sp³-hybridized carbons (Fsp3) is 0.400. The van der Waals surface area contributed by atoms with Crippen LogP contribution in [-0.4, -0.2) is 6.54 Å². The highest BCUT2D eigenvalue weighted by Crippen LogP contribution is 2.19. The van der Waals surface area contributed by atoms with Crippen molar-refractivity contribution in [2.45, 2.75) is 19.9 Å². The molecule has 0 bridgehead atoms. The zero-order valence-corrected chi connectivity index (χ0v) is 8.56. The lowest BCUT2D eigenvalue weighted by Gasteiger charge is -2.04. The predicted molar refractivity (Wildman–Crippen MR) is 57.9 cm³/mol. The van der Waals surface area contributed by atoms with Crippen LogP contribution in [0.3, 0.4) is 0 Å². The average Bonchev–Trinajstić information content (AvgIpc) is 2.12. The van der Waals surface area contributed by atoms with E-state index in [0.29, 0.717) is 10.7 Å². The van der Waals surface area contributed by atoms with Crippen molar-refractivity contribution in [3.05, 3.63) is 28.8 Å². The van der Waals surface area contributed by atoms with E-state index in [9.17, 15) is 0 Å². The van der Waals surface area contributed by atoms with Crippen molar-refractivity contribution in [1.29, 1.82) is 0 Å². The summed E-state index contributed by atoms with van der Waals surface area (Å²) in [5.74, 6) is 0. The summed E-state index contributed by atoms with van der Waals surface area (Å²) in [5.41, 5.74) is 7.40. The van der Waals surface area contributed by atoms with E-state index in [1.165, 1.54) is 5.56 Å². The normalized spacial score (nSPS) is 10.3. The summed E-state index contributed by atoms with van der Waals surface area (Å²) in [6.07, 6.45) is 1.14. The van der Waals surface area contributed by atoms with Gasteiger partial charge in [0.15, 0.2) is 0 Å². The number of benzene rings is 1. The molecule has 0 aliphatic carbocycles. The lowest BCUT2D eigenvalue weighted by Crippen LogP contribution is -2.13. The van der Waals surface area contributed by atoms with Crippen LogP contribution in [-0.2, 0) is 6.54 Å². The molecule has 1 rings (SSSR count). The first kappa shape index (κ1) is 10.4. The maximum atomic E-state index is 5.87. The lowest BCUT2D eigenvalue weighted by atomic mass is 10.2. The van der Waals surface area contributed by atoms with E-state index in [-0.39, 0.29) is 0 Å². The molecule has 0 saturated heterocycles. The van der Waals surface area contributed by atoms with Crippen LogP contribution in [0, 0.1) is 0 Å². The van der Waals surface area contributed by atoms with Crippen molar-refractivity contribution in [2.75, 3.05) is 12.3 Å². The zero-order chi connectivity index (χ0) is 9.68. The lowest BCUT2D eigenvalue weighted by molar-refractivity contribution is 0.675. The van der Waals surface area contributed by atoms with Gasteiger partial charge in [-0.3, -0.25) is 0 Å². The van der Waals surface area contributed by atoms with Crippen LogP contribution in [0.25, 0.3) is 0 Å². The maximum absolute atomic E-state index is 5.87. The van der Waals surface area contributed by atoms with Crippen LogP contribution in [0.4, 0.5) is 5.69 Å². The van der Waals surface area contributed by atoms with Gasteiger partial charge < -0.3 is 11.1 Å². The Labute approximate surface area is 84.1 Å². The van der Waals surface area contributed by atoms with E-state index in [1.54, 1.807) is 0 Å². The Hall–Kier alpha value is -0.730. The monoisotopic (exact) mass is 198 g/mol. The molecule has 72 valence electrons. The van der Waals surface area contributed by atoms with Crippen LogP contribution in [0.2, 0.25) is 5.02 Å². The number of nitrogens with two attached hydrogens (primary N) is 1. The summed E-state index contributed by atoms with van der Waals surface area (Å²) >= 11 is 5.87. The number of anilines is 1. The minimum absolute atomic E-state index is 0.635. The van der Waals surface area contributed by atoms with E-state index in [4.69, 9.17) is 17.3 Å². The Morgan fingerprint density at radius 2 is 2.23 bits per heavy atom. The molecular weight excluding hydrogens is 184 g/mol. The SMILES string of the molecule is CCCNCc1ccc(N)c(Cl)c1. The summed E-state index contributed by atoms with van der Waals surface area (Å²) in [7, 11) is 0. The molecule has 0 spiro atoms. The number of rotatable bonds is 4. The average molecular weight is 199 g/mol. The Kier molecular flexibility index (Phi) is 4.06. The Morgan fingerprint density at radius 3 is 2.85 bits per heavy atom. The molecule has 0 aromatic heterocycles. The Balaban J connectivity index is 2.53. The summed E-state index contributed by atoms with van der Waals surface area (Å²) in [6, 6.07) is 5.73. The smallest absolute Gasteiger partial charge is 0.0638 e. The second-order valence-electron chi connectivity index (χ2n) is 3.03. The molecule has 0 saturated carbocycles. The first-order valence-corrected chi connectivity index (χ1v) is 4.86. The van der Waals surface area contributed by atoms with E-state index in [1.807, 2.05) is 18.2 Å². The Bertz CT molecular complexity index is 274. The second-order valence-corrected chi connectivity index (χ2v) is 3.44. The molecule has 0 unspecified atom stereocenters. The van der Waals surface area contributed by atoms with E-state index in [0.717, 1.165) is 19.5 Å². The van der Waals surface area contributed by atoms with Gasteiger partial charge in [-0.1, -0.05) is 24.6 Å². The second kappa shape index (κ2) is 5.10. The van der Waals surface area contributed by atoms with Crippen molar-refractivity contribution in [1.82, 2.24) is 5.32 Å². The molecule has 0 atom stereocenters. The van der Waals surface area contributed by atoms with Gasteiger partial charge in [-0.15, -0.1) is 0 Å². The largest absolute Gasteiger partial charge is 0.398 e. The van der Waals surface area contributed by atoms with Crippen molar-refractivity contribution in [3.63, 3.8) is 0 Å². The number of nitrogens with one attached hydrogen (secondary N) is 1. The molecular formula is C10H15ClN2. The van der Waals surface area contributed by atoms with Gasteiger partial charge >= 0.3 is 0 Å². The number of halogens is 1. The van der Waals surface area contributed by atoms with Gasteiger partial charge in [-0.2, -0.15) is 0 Å². The third kappa shape index (κ3) is 3.25. The topological polar surface area (TPSA) is 38.0 Å². The summed E-state index contributed by atoms with van der Waals surface area (Å²) < 4.78 is 0. The van der Waals surface area contributed by atoms with Crippen LogP contribution in [0.1, 0.15) is 18.9 Å². The molecule has 0 amide bonds. The van der Waals surface area contributed by atoms with Crippen molar-refractivity contribution < 1.29 is 0 Å². The molecule has 1 aromatic rings. The van der Waals surface area contributed by atoms with E-state index in [2.05, 4.69) is 12.2 Å². The minimum atomic E-state index is 0.635. The fourth-order valence-electron chi connectivity index (χ4n) is 1.09. The molecule has 0 fully saturated rings. The molecule has 3 N–H and O–H groups in total. The molecule has 13 heavy (non-hydrogen) atoms. The third-order valence-electron chi connectivity index (χ3n) is 1.82. The van der Waals surface area contributed by atoms with Crippen LogP contribution < -0.4 is 11.1 Å². The van der Waals surface area contributed by atoms with Gasteiger partial charge in [0.2, 0.25) is 0 Å². The summed E-state index contributed by atoms with van der Waals surface area (Å²) in [5, 5.41) is 3.93. The summed E-state index contributed by atoms with van der Waals surface area (Å²) in [4.78, 5) is 0. The Morgan fingerprint density at radius 1 is 1.46 bits per heavy atom. The van der Waals surface area contributed by atoms with E-state index < -0.39 is 0 Å². The highest BCUT2D eigenvalue weighted by molar-refractivity contribution is 6.33. The molecule has 1 aromatic carbocycles. The molecule has 2 nitrogen and oxygen atoms in total. The van der Waals surface area contributed by atoms with Gasteiger partial charge in [0.1, 0.15) is 0 Å². The molecule has 0 aliphatic rings. The van der Waals surface area contributed by atoms with Gasteiger partial charge in [0.05, 0.1) is 10.7 Å². The molecule has 0 radical (unpaired) electrons. The van der Waals surface area contributed by atoms with Crippen LogP contribution >= 0.6 is 11.6 Å². The first-order chi connectivity index (χ1) is 6.24. The number of nitrogen functional groups attached to an aromatic ring is 1. The minimum Gasteiger partial charge on any atom is -0.398 e. The van der Waals surface area contributed by atoms with Gasteiger partial charge in [0, 0.05) is 6.54 Å². The highest BCUT2D eigenvalue weighted by Gasteiger charge is 1.97. The van der Waals surface area contributed by atoms with E-state index >= 15 is 0 Å². The quantitative estimate of drug-likeness (QED) is 0.576. The summed E-state index contributed by atoms with van der Waals surface area (Å²) in [6.45, 7) is 4.03. The van der Waals surface area contributed by atoms with Crippen molar-refractivity contribution >= 4 is 17.3 Å². The molecule has 3 heteroatoms. The fourth-order valence-corrected chi connectivity index (χ4v) is 1.29. The van der Waals surface area contributed by atoms with Crippen LogP contribution in [0.5, 0.6) is 0 Å². The van der Waals surface area contributed by atoms with Crippen molar-refractivity contribution in [2.24, 2.45) is 0 Å². The highest BCUT2D eigenvalue weighted by atomic mass is 35.5.